The summed E-state index contributed by atoms with van der Waals surface area (Å²) in [5.41, 5.74) is 3.52. The number of hydrogen-bond donors (Lipinski definition) is 0. The normalized spacial score (nSPS) is 19.4. The van der Waals surface area contributed by atoms with E-state index in [0.717, 1.165) is 40.4 Å². The van der Waals surface area contributed by atoms with Gasteiger partial charge in [0.05, 0.1) is 39.2 Å². The van der Waals surface area contributed by atoms with Crippen molar-refractivity contribution in [2.75, 3.05) is 39.3 Å². The molecule has 2 atom stereocenters. The summed E-state index contributed by atoms with van der Waals surface area (Å²) >= 11 is 1.49. The Hall–Kier alpha value is -2.58. The van der Waals surface area contributed by atoms with Gasteiger partial charge in [-0.15, -0.1) is 0 Å². The van der Waals surface area contributed by atoms with E-state index in [9.17, 15) is 0 Å². The summed E-state index contributed by atoms with van der Waals surface area (Å²) in [4.78, 5) is 7.27. The van der Waals surface area contributed by atoms with E-state index >= 15 is 0 Å². The average molecular weight is 416 g/mol. The second-order valence-corrected chi connectivity index (χ2v) is 7.88. The molecule has 0 radical (unpaired) electrons. The van der Waals surface area contributed by atoms with E-state index in [1.807, 2.05) is 24.3 Å². The zero-order valence-corrected chi connectivity index (χ0v) is 18.1. The first-order chi connectivity index (χ1) is 14.0. The van der Waals surface area contributed by atoms with E-state index in [-0.39, 0.29) is 12.2 Å². The molecule has 0 aliphatic carbocycles. The van der Waals surface area contributed by atoms with Crippen molar-refractivity contribution in [2.45, 2.75) is 26.1 Å². The first-order valence-corrected chi connectivity index (χ1v) is 10.3. The van der Waals surface area contributed by atoms with Gasteiger partial charge >= 0.3 is 0 Å². The molecule has 154 valence electrons. The van der Waals surface area contributed by atoms with Crippen molar-refractivity contribution in [3.8, 4) is 28.5 Å². The Balaban J connectivity index is 1.78. The largest absolute Gasteiger partial charge is 0.493 e. The Morgan fingerprint density at radius 2 is 1.66 bits per heavy atom. The molecular formula is C21H25N3O4S. The van der Waals surface area contributed by atoms with Gasteiger partial charge in [0.25, 0.3) is 0 Å². The number of methoxy groups -OCH3 is 3. The lowest BCUT2D eigenvalue weighted by Gasteiger charge is -2.35. The number of morpholine rings is 1. The number of aromatic nitrogens is 2. The summed E-state index contributed by atoms with van der Waals surface area (Å²) in [5.74, 6) is 1.76. The van der Waals surface area contributed by atoms with Gasteiger partial charge < -0.3 is 23.8 Å². The predicted molar refractivity (Wildman–Crippen MR) is 115 cm³/mol. The highest BCUT2D eigenvalue weighted by Gasteiger charge is 2.26. The Morgan fingerprint density at radius 3 is 2.24 bits per heavy atom. The fourth-order valence-corrected chi connectivity index (χ4v) is 4.59. The number of nitrogens with zero attached hydrogens (tertiary/aromatic N) is 3. The van der Waals surface area contributed by atoms with Crippen molar-refractivity contribution in [1.29, 1.82) is 0 Å². The lowest BCUT2D eigenvalue weighted by molar-refractivity contribution is -0.00494. The quantitative estimate of drug-likeness (QED) is 0.624. The van der Waals surface area contributed by atoms with Gasteiger partial charge in [-0.3, -0.25) is 0 Å². The minimum absolute atomic E-state index is 0.175. The molecule has 0 bridgehead atoms. The van der Waals surface area contributed by atoms with Crippen molar-refractivity contribution < 1.29 is 18.9 Å². The molecule has 29 heavy (non-hydrogen) atoms. The SMILES string of the molecule is COc1cc(-c2ccc3nsc(N4C[C@@H](C)O[C@@H](C)C4)c3n2)cc(OC)c1OC. The summed E-state index contributed by atoms with van der Waals surface area (Å²) < 4.78 is 26.9. The number of fused-ring (bicyclic) bond motifs is 1. The topological polar surface area (TPSA) is 65.9 Å². The van der Waals surface area contributed by atoms with Crippen molar-refractivity contribution >= 4 is 27.6 Å². The molecule has 3 heterocycles. The monoisotopic (exact) mass is 415 g/mol. The van der Waals surface area contributed by atoms with Crippen LogP contribution in [0.1, 0.15) is 13.8 Å². The molecule has 0 unspecified atom stereocenters. The van der Waals surface area contributed by atoms with Gasteiger partial charge in [0.1, 0.15) is 16.0 Å². The van der Waals surface area contributed by atoms with Crippen molar-refractivity contribution in [1.82, 2.24) is 9.36 Å². The maximum Gasteiger partial charge on any atom is 0.203 e. The Bertz CT molecular complexity index is 987. The third-order valence-electron chi connectivity index (χ3n) is 4.97. The molecule has 1 aromatic carbocycles. The van der Waals surface area contributed by atoms with E-state index in [0.29, 0.717) is 17.2 Å². The summed E-state index contributed by atoms with van der Waals surface area (Å²) in [6.45, 7) is 5.86. The van der Waals surface area contributed by atoms with Crippen LogP contribution in [0.15, 0.2) is 24.3 Å². The number of rotatable bonds is 5. The van der Waals surface area contributed by atoms with Crippen LogP contribution < -0.4 is 19.1 Å². The molecule has 3 aromatic rings. The maximum atomic E-state index is 5.87. The standard InChI is InChI=1S/C21H25N3O4S/c1-12-10-24(11-13(2)28-12)21-19-16(23-29-21)7-6-15(22-19)14-8-17(25-3)20(27-5)18(9-14)26-4/h6-9,12-13H,10-11H2,1-5H3/t12-,13+. The number of benzene rings is 1. The fraction of sp³-hybridized carbons (Fsp3) is 0.429. The molecule has 1 saturated heterocycles. The van der Waals surface area contributed by atoms with Crippen molar-refractivity contribution in [3.63, 3.8) is 0 Å². The zero-order chi connectivity index (χ0) is 20.5. The van der Waals surface area contributed by atoms with Crippen molar-refractivity contribution in [2.24, 2.45) is 0 Å². The van der Waals surface area contributed by atoms with Gasteiger partial charge in [-0.1, -0.05) is 0 Å². The van der Waals surface area contributed by atoms with Gasteiger partial charge in [0.2, 0.25) is 5.75 Å². The highest BCUT2D eigenvalue weighted by molar-refractivity contribution is 7.11. The van der Waals surface area contributed by atoms with Gasteiger partial charge in [-0.2, -0.15) is 4.37 Å². The first-order valence-electron chi connectivity index (χ1n) is 9.51. The molecule has 0 spiro atoms. The maximum absolute atomic E-state index is 5.87. The molecule has 0 N–H and O–H groups in total. The first kappa shape index (κ1) is 19.7. The fourth-order valence-electron chi connectivity index (χ4n) is 3.76. The number of ether oxygens (including phenoxy) is 4. The van der Waals surface area contributed by atoms with Crippen LogP contribution in [-0.2, 0) is 4.74 Å². The molecule has 1 fully saturated rings. The Morgan fingerprint density at radius 1 is 1.00 bits per heavy atom. The summed E-state index contributed by atoms with van der Waals surface area (Å²) in [7, 11) is 4.82. The lowest BCUT2D eigenvalue weighted by Crippen LogP contribution is -2.45. The molecule has 1 aliphatic heterocycles. The minimum Gasteiger partial charge on any atom is -0.493 e. The van der Waals surface area contributed by atoms with E-state index in [4.69, 9.17) is 23.9 Å². The van der Waals surface area contributed by atoms with Gasteiger partial charge in [-0.25, -0.2) is 4.98 Å². The second-order valence-electron chi connectivity index (χ2n) is 7.13. The Labute approximate surface area is 174 Å². The van der Waals surface area contributed by atoms with Crippen LogP contribution in [0.5, 0.6) is 17.2 Å². The molecule has 2 aromatic heterocycles. The summed E-state index contributed by atoms with van der Waals surface area (Å²) in [6, 6.07) is 7.80. The third kappa shape index (κ3) is 3.70. The lowest BCUT2D eigenvalue weighted by atomic mass is 10.1. The highest BCUT2D eigenvalue weighted by atomic mass is 32.1. The third-order valence-corrected chi connectivity index (χ3v) is 5.89. The van der Waals surface area contributed by atoms with Gasteiger partial charge in [0.15, 0.2) is 11.5 Å². The van der Waals surface area contributed by atoms with Crippen LogP contribution in [-0.4, -0.2) is 56.0 Å². The average Bonchev–Trinajstić information content (AvgIpc) is 3.15. The molecule has 0 saturated carbocycles. The molecular weight excluding hydrogens is 390 g/mol. The van der Waals surface area contributed by atoms with Crippen LogP contribution >= 0.6 is 11.5 Å². The highest BCUT2D eigenvalue weighted by Crippen LogP contribution is 2.41. The number of hydrogen-bond acceptors (Lipinski definition) is 8. The van der Waals surface area contributed by atoms with E-state index in [2.05, 4.69) is 23.1 Å². The molecule has 1 aliphatic rings. The molecule has 8 heteroatoms. The summed E-state index contributed by atoms with van der Waals surface area (Å²) in [6.07, 6.45) is 0.350. The zero-order valence-electron chi connectivity index (χ0n) is 17.3. The predicted octanol–water partition coefficient (Wildman–Crippen LogP) is 4.00. The van der Waals surface area contributed by atoms with E-state index < -0.39 is 0 Å². The molecule has 4 rings (SSSR count). The molecule has 7 nitrogen and oxygen atoms in total. The van der Waals surface area contributed by atoms with Crippen LogP contribution in [0.2, 0.25) is 0 Å². The smallest absolute Gasteiger partial charge is 0.203 e. The minimum atomic E-state index is 0.175. The van der Waals surface area contributed by atoms with Crippen LogP contribution in [0.3, 0.4) is 0 Å². The Kier molecular flexibility index (Phi) is 5.47. The second kappa shape index (κ2) is 8.04. The van der Waals surface area contributed by atoms with Gasteiger partial charge in [-0.05, 0) is 49.6 Å². The molecule has 0 amide bonds. The van der Waals surface area contributed by atoms with Crippen LogP contribution in [0, 0.1) is 0 Å². The van der Waals surface area contributed by atoms with Gasteiger partial charge in [0, 0.05) is 18.7 Å². The number of pyridine rings is 1. The van der Waals surface area contributed by atoms with E-state index in [1.165, 1.54) is 11.5 Å². The summed E-state index contributed by atoms with van der Waals surface area (Å²) in [5, 5.41) is 1.08. The van der Waals surface area contributed by atoms with Crippen LogP contribution in [0.25, 0.3) is 22.3 Å². The number of anilines is 1. The van der Waals surface area contributed by atoms with Crippen LogP contribution in [0.4, 0.5) is 5.00 Å². The van der Waals surface area contributed by atoms with E-state index in [1.54, 1.807) is 21.3 Å². The van der Waals surface area contributed by atoms with Crippen molar-refractivity contribution in [3.05, 3.63) is 24.3 Å².